The molecule has 3 rings (SSSR count). The predicted molar refractivity (Wildman–Crippen MR) is 83.4 cm³/mol. The van der Waals surface area contributed by atoms with E-state index in [1.165, 1.54) is 17.1 Å². The Kier molecular flexibility index (Phi) is 3.65. The maximum Gasteiger partial charge on any atom is 0.280 e. The molecule has 0 spiro atoms. The van der Waals surface area contributed by atoms with Crippen LogP contribution in [0.5, 0.6) is 5.75 Å². The highest BCUT2D eigenvalue weighted by molar-refractivity contribution is 6.18. The number of phenolic OH excluding ortho intramolecular Hbond substituents is 1. The summed E-state index contributed by atoms with van der Waals surface area (Å²) in [6, 6.07) is 14.8. The van der Waals surface area contributed by atoms with E-state index in [0.29, 0.717) is 17.1 Å². The van der Waals surface area contributed by atoms with E-state index in [-0.39, 0.29) is 11.7 Å². The first-order chi connectivity index (χ1) is 10.6. The van der Waals surface area contributed by atoms with Crippen molar-refractivity contribution in [2.45, 2.75) is 13.0 Å². The van der Waals surface area contributed by atoms with Gasteiger partial charge in [0.15, 0.2) is 6.04 Å². The van der Waals surface area contributed by atoms with Gasteiger partial charge in [-0.2, -0.15) is 20.3 Å². The number of aromatic hydroxyl groups is 1. The molecule has 6 nitrogen and oxygen atoms in total. The summed E-state index contributed by atoms with van der Waals surface area (Å²) in [7, 11) is 0. The number of nitrogens with zero attached hydrogens (tertiary/aromatic N) is 4. The number of carbonyl (C=O) groups is 1. The van der Waals surface area contributed by atoms with E-state index in [2.05, 4.69) is 15.3 Å². The van der Waals surface area contributed by atoms with Gasteiger partial charge < -0.3 is 5.11 Å². The SMILES string of the molecule is CC1=NN(c2ccccc2)C(=O)C1N=Nc1ccc(O)cc1. The van der Waals surface area contributed by atoms with E-state index in [1.807, 2.05) is 30.3 Å². The van der Waals surface area contributed by atoms with Gasteiger partial charge >= 0.3 is 0 Å². The largest absolute Gasteiger partial charge is 0.508 e. The van der Waals surface area contributed by atoms with Crippen LogP contribution in [0.2, 0.25) is 0 Å². The smallest absolute Gasteiger partial charge is 0.280 e. The Morgan fingerprint density at radius 1 is 1.09 bits per heavy atom. The molecule has 0 fully saturated rings. The number of hydrazone groups is 1. The van der Waals surface area contributed by atoms with Crippen molar-refractivity contribution in [3.8, 4) is 5.75 Å². The average molecular weight is 294 g/mol. The fraction of sp³-hybridized carbons (Fsp3) is 0.125. The topological polar surface area (TPSA) is 77.6 Å². The third kappa shape index (κ3) is 2.71. The van der Waals surface area contributed by atoms with Crippen LogP contribution in [0.1, 0.15) is 6.92 Å². The van der Waals surface area contributed by atoms with Crippen LogP contribution >= 0.6 is 0 Å². The maximum atomic E-state index is 12.4. The fourth-order valence-corrected chi connectivity index (χ4v) is 2.09. The summed E-state index contributed by atoms with van der Waals surface area (Å²) in [5, 5.41) is 23.0. The molecule has 2 aromatic carbocycles. The number of carbonyl (C=O) groups excluding carboxylic acids is 1. The zero-order valence-electron chi connectivity index (χ0n) is 11.9. The van der Waals surface area contributed by atoms with Crippen LogP contribution in [-0.4, -0.2) is 22.8 Å². The molecule has 2 aromatic rings. The molecule has 1 N–H and O–H groups in total. The molecule has 0 aliphatic carbocycles. The number of para-hydroxylation sites is 1. The minimum Gasteiger partial charge on any atom is -0.508 e. The van der Waals surface area contributed by atoms with E-state index in [0.717, 1.165) is 0 Å². The Morgan fingerprint density at radius 3 is 2.45 bits per heavy atom. The highest BCUT2D eigenvalue weighted by Gasteiger charge is 2.34. The van der Waals surface area contributed by atoms with E-state index in [4.69, 9.17) is 0 Å². The van der Waals surface area contributed by atoms with Crippen molar-refractivity contribution < 1.29 is 9.90 Å². The summed E-state index contributed by atoms with van der Waals surface area (Å²) in [5.74, 6) is -0.0740. The molecule has 0 radical (unpaired) electrons. The quantitative estimate of drug-likeness (QED) is 0.882. The van der Waals surface area contributed by atoms with Gasteiger partial charge in [0.05, 0.1) is 17.1 Å². The predicted octanol–water partition coefficient (Wildman–Crippen LogP) is 3.27. The second kappa shape index (κ2) is 5.77. The molecule has 1 atom stereocenters. The molecule has 1 amide bonds. The zero-order chi connectivity index (χ0) is 15.5. The van der Waals surface area contributed by atoms with Gasteiger partial charge in [-0.1, -0.05) is 18.2 Å². The Balaban J connectivity index is 1.80. The van der Waals surface area contributed by atoms with Crippen molar-refractivity contribution >= 4 is 23.0 Å². The second-order valence-corrected chi connectivity index (χ2v) is 4.86. The number of benzene rings is 2. The molecule has 0 saturated carbocycles. The Labute approximate surface area is 127 Å². The van der Waals surface area contributed by atoms with Crippen LogP contribution in [0.25, 0.3) is 0 Å². The zero-order valence-corrected chi connectivity index (χ0v) is 11.9. The maximum absolute atomic E-state index is 12.4. The molecule has 110 valence electrons. The Bertz CT molecular complexity index is 739. The summed E-state index contributed by atoms with van der Waals surface area (Å²) < 4.78 is 0. The Hall–Kier alpha value is -3.02. The number of amides is 1. The summed E-state index contributed by atoms with van der Waals surface area (Å²) >= 11 is 0. The van der Waals surface area contributed by atoms with Crippen LogP contribution in [0, 0.1) is 0 Å². The van der Waals surface area contributed by atoms with Gasteiger partial charge in [-0.05, 0) is 43.3 Å². The van der Waals surface area contributed by atoms with E-state index >= 15 is 0 Å². The molecule has 1 heterocycles. The number of anilines is 1. The summed E-state index contributed by atoms with van der Waals surface area (Å²) in [6.45, 7) is 1.75. The van der Waals surface area contributed by atoms with E-state index < -0.39 is 6.04 Å². The van der Waals surface area contributed by atoms with Gasteiger partial charge in [-0.3, -0.25) is 4.79 Å². The molecule has 6 heteroatoms. The number of hydrogen-bond donors (Lipinski definition) is 1. The lowest BCUT2D eigenvalue weighted by Gasteiger charge is -2.11. The van der Waals surface area contributed by atoms with E-state index in [9.17, 15) is 9.90 Å². The Morgan fingerprint density at radius 2 is 1.77 bits per heavy atom. The first kappa shape index (κ1) is 13.9. The molecule has 22 heavy (non-hydrogen) atoms. The molecule has 1 aliphatic heterocycles. The highest BCUT2D eigenvalue weighted by atomic mass is 16.3. The normalized spacial score (nSPS) is 18.0. The standard InChI is InChI=1S/C16H14N4O2/c1-11-15(18-17-12-7-9-14(21)10-8-12)16(22)20(19-11)13-5-3-2-4-6-13/h2-10,15,21H,1H3. The van der Waals surface area contributed by atoms with Crippen molar-refractivity contribution in [1.82, 2.24) is 0 Å². The third-order valence-corrected chi connectivity index (χ3v) is 3.24. The van der Waals surface area contributed by atoms with Gasteiger partial charge in [-0.25, -0.2) is 0 Å². The van der Waals surface area contributed by atoms with Crippen LogP contribution in [0.3, 0.4) is 0 Å². The molecular formula is C16H14N4O2. The monoisotopic (exact) mass is 294 g/mol. The first-order valence-corrected chi connectivity index (χ1v) is 6.79. The average Bonchev–Trinajstić information content (AvgIpc) is 2.82. The second-order valence-electron chi connectivity index (χ2n) is 4.86. The molecule has 1 unspecified atom stereocenters. The highest BCUT2D eigenvalue weighted by Crippen LogP contribution is 2.23. The van der Waals surface area contributed by atoms with Crippen LogP contribution in [0.15, 0.2) is 69.9 Å². The number of hydrogen-bond acceptors (Lipinski definition) is 5. The van der Waals surface area contributed by atoms with E-state index in [1.54, 1.807) is 19.1 Å². The number of rotatable bonds is 3. The van der Waals surface area contributed by atoms with Crippen molar-refractivity contribution in [1.29, 1.82) is 0 Å². The van der Waals surface area contributed by atoms with Crippen molar-refractivity contribution in [2.24, 2.45) is 15.3 Å². The first-order valence-electron chi connectivity index (χ1n) is 6.79. The molecule has 1 aliphatic rings. The lowest BCUT2D eigenvalue weighted by molar-refractivity contribution is -0.117. The van der Waals surface area contributed by atoms with Crippen LogP contribution in [-0.2, 0) is 4.79 Å². The van der Waals surface area contributed by atoms with Crippen molar-refractivity contribution in [2.75, 3.05) is 5.01 Å². The van der Waals surface area contributed by atoms with Crippen LogP contribution < -0.4 is 5.01 Å². The van der Waals surface area contributed by atoms with Gasteiger partial charge in [-0.15, -0.1) is 0 Å². The lowest BCUT2D eigenvalue weighted by atomic mass is 10.2. The van der Waals surface area contributed by atoms with Crippen LogP contribution in [0.4, 0.5) is 11.4 Å². The fourth-order valence-electron chi connectivity index (χ4n) is 2.09. The van der Waals surface area contributed by atoms with Gasteiger partial charge in [0.25, 0.3) is 5.91 Å². The number of azo groups is 1. The van der Waals surface area contributed by atoms with Crippen molar-refractivity contribution in [3.05, 3.63) is 54.6 Å². The molecular weight excluding hydrogens is 280 g/mol. The van der Waals surface area contributed by atoms with Crippen molar-refractivity contribution in [3.63, 3.8) is 0 Å². The summed E-state index contributed by atoms with van der Waals surface area (Å²) in [5.41, 5.74) is 1.86. The van der Waals surface area contributed by atoms with Gasteiger partial charge in [0.1, 0.15) is 5.75 Å². The minimum atomic E-state index is -0.714. The molecule has 0 aromatic heterocycles. The minimum absolute atomic E-state index is 0.156. The lowest BCUT2D eigenvalue weighted by Crippen LogP contribution is -2.29. The van der Waals surface area contributed by atoms with Gasteiger partial charge in [0, 0.05) is 0 Å². The molecule has 0 bridgehead atoms. The molecule has 0 saturated heterocycles. The van der Waals surface area contributed by atoms with Gasteiger partial charge in [0.2, 0.25) is 0 Å². The summed E-state index contributed by atoms with van der Waals surface area (Å²) in [6.07, 6.45) is 0. The summed E-state index contributed by atoms with van der Waals surface area (Å²) in [4.78, 5) is 12.4. The third-order valence-electron chi connectivity index (χ3n) is 3.24. The number of phenols is 1.